The summed E-state index contributed by atoms with van der Waals surface area (Å²) >= 11 is 0. The van der Waals surface area contributed by atoms with Crippen molar-refractivity contribution in [3.63, 3.8) is 0 Å². The first-order valence-corrected chi connectivity index (χ1v) is 6.69. The second-order valence-corrected chi connectivity index (χ2v) is 4.51. The van der Waals surface area contributed by atoms with E-state index < -0.39 is 17.8 Å². The molecule has 0 bridgehead atoms. The van der Waals surface area contributed by atoms with Crippen LogP contribution in [0.4, 0.5) is 17.6 Å². The zero-order chi connectivity index (χ0) is 16.2. The van der Waals surface area contributed by atoms with Crippen molar-refractivity contribution < 1.29 is 22.3 Å². The van der Waals surface area contributed by atoms with Crippen LogP contribution in [0.2, 0.25) is 0 Å². The van der Waals surface area contributed by atoms with Crippen LogP contribution in [0.1, 0.15) is 18.1 Å². The van der Waals surface area contributed by atoms with Crippen molar-refractivity contribution in [2.75, 3.05) is 6.61 Å². The lowest BCUT2D eigenvalue weighted by Crippen LogP contribution is -2.17. The van der Waals surface area contributed by atoms with E-state index in [0.717, 1.165) is 12.1 Å². The molecule has 0 saturated carbocycles. The first kappa shape index (κ1) is 16.1. The quantitative estimate of drug-likeness (QED) is 0.558. The smallest absolute Gasteiger partial charge is 0.449 e. The summed E-state index contributed by atoms with van der Waals surface area (Å²) in [4.78, 5) is 0. The molecule has 0 saturated heterocycles. The van der Waals surface area contributed by atoms with Gasteiger partial charge in [-0.1, -0.05) is 42.5 Å². The Kier molecular flexibility index (Phi) is 4.85. The molecule has 0 radical (unpaired) electrons. The lowest BCUT2D eigenvalue weighted by Gasteiger charge is -2.18. The SMILES string of the molecule is CCO/C(=C(\c1ccccc1)c1ccc(F)cc1)C(F)(F)F. The van der Waals surface area contributed by atoms with Crippen LogP contribution in [-0.2, 0) is 4.74 Å². The summed E-state index contributed by atoms with van der Waals surface area (Å²) in [6.45, 7) is 1.37. The number of benzene rings is 2. The molecule has 2 aromatic carbocycles. The summed E-state index contributed by atoms with van der Waals surface area (Å²) < 4.78 is 58.0. The Morgan fingerprint density at radius 2 is 1.45 bits per heavy atom. The first-order valence-electron chi connectivity index (χ1n) is 6.69. The minimum absolute atomic E-state index is 0.102. The van der Waals surface area contributed by atoms with E-state index in [-0.39, 0.29) is 17.7 Å². The maximum absolute atomic E-state index is 13.4. The van der Waals surface area contributed by atoms with E-state index >= 15 is 0 Å². The van der Waals surface area contributed by atoms with E-state index in [0.29, 0.717) is 5.56 Å². The highest BCUT2D eigenvalue weighted by molar-refractivity contribution is 5.81. The molecule has 0 amide bonds. The van der Waals surface area contributed by atoms with E-state index in [1.165, 1.54) is 19.1 Å². The largest absolute Gasteiger partial charge is 0.489 e. The minimum Gasteiger partial charge on any atom is -0.489 e. The van der Waals surface area contributed by atoms with Gasteiger partial charge >= 0.3 is 6.18 Å². The molecule has 2 rings (SSSR count). The molecule has 116 valence electrons. The normalized spacial score (nSPS) is 12.8. The number of hydrogen-bond acceptors (Lipinski definition) is 1. The summed E-state index contributed by atoms with van der Waals surface area (Å²) in [5, 5.41) is 0. The molecule has 22 heavy (non-hydrogen) atoms. The van der Waals surface area contributed by atoms with Gasteiger partial charge in [0, 0.05) is 5.57 Å². The van der Waals surface area contributed by atoms with Crippen molar-refractivity contribution in [3.05, 3.63) is 77.3 Å². The Morgan fingerprint density at radius 1 is 0.909 bits per heavy atom. The minimum atomic E-state index is -4.64. The molecular formula is C17H14F4O. The zero-order valence-corrected chi connectivity index (χ0v) is 11.8. The molecule has 0 N–H and O–H groups in total. The van der Waals surface area contributed by atoms with Crippen molar-refractivity contribution >= 4 is 5.57 Å². The molecule has 0 unspecified atom stereocenters. The van der Waals surface area contributed by atoms with Crippen LogP contribution in [0.25, 0.3) is 5.57 Å². The molecule has 1 nitrogen and oxygen atoms in total. The molecule has 0 atom stereocenters. The molecule has 5 heteroatoms. The van der Waals surface area contributed by atoms with Gasteiger partial charge in [-0.25, -0.2) is 4.39 Å². The number of halogens is 4. The van der Waals surface area contributed by atoms with E-state index in [9.17, 15) is 17.6 Å². The van der Waals surface area contributed by atoms with Gasteiger partial charge in [-0.15, -0.1) is 0 Å². The van der Waals surface area contributed by atoms with Crippen LogP contribution in [0.15, 0.2) is 60.4 Å². The Balaban J connectivity index is 2.71. The van der Waals surface area contributed by atoms with Gasteiger partial charge in [0.15, 0.2) is 0 Å². The van der Waals surface area contributed by atoms with Gasteiger partial charge in [-0.3, -0.25) is 0 Å². The first-order chi connectivity index (χ1) is 10.4. The van der Waals surface area contributed by atoms with Crippen molar-refractivity contribution in [3.8, 4) is 0 Å². The number of rotatable bonds is 4. The van der Waals surface area contributed by atoms with Crippen LogP contribution in [-0.4, -0.2) is 12.8 Å². The highest BCUT2D eigenvalue weighted by Gasteiger charge is 2.39. The summed E-state index contributed by atoms with van der Waals surface area (Å²) in [5.41, 5.74) is 0.498. The fourth-order valence-corrected chi connectivity index (χ4v) is 2.09. The molecule has 0 aliphatic rings. The third-order valence-electron chi connectivity index (χ3n) is 2.97. The van der Waals surface area contributed by atoms with Gasteiger partial charge in [0.05, 0.1) is 6.61 Å². The van der Waals surface area contributed by atoms with Crippen molar-refractivity contribution in [1.29, 1.82) is 0 Å². The van der Waals surface area contributed by atoms with Gasteiger partial charge in [0.2, 0.25) is 5.76 Å². The van der Waals surface area contributed by atoms with Crippen molar-refractivity contribution in [2.45, 2.75) is 13.1 Å². The van der Waals surface area contributed by atoms with Crippen LogP contribution in [0, 0.1) is 5.82 Å². The van der Waals surface area contributed by atoms with E-state index in [1.54, 1.807) is 30.3 Å². The lowest BCUT2D eigenvalue weighted by atomic mass is 9.96. The predicted octanol–water partition coefficient (Wildman–Crippen LogP) is 5.18. The Bertz CT molecular complexity index is 643. The standard InChI is InChI=1S/C17H14F4O/c1-2-22-16(17(19,20)21)15(12-6-4-3-5-7-12)13-8-10-14(18)11-9-13/h3-11H,2H2,1H3/b16-15+. The Labute approximate surface area is 125 Å². The Hall–Kier alpha value is -2.30. The molecule has 0 aliphatic carbocycles. The molecule has 0 spiro atoms. The van der Waals surface area contributed by atoms with Crippen LogP contribution in [0.5, 0.6) is 0 Å². The number of allylic oxidation sites excluding steroid dienone is 1. The number of alkyl halides is 3. The zero-order valence-electron chi connectivity index (χ0n) is 11.8. The molecular weight excluding hydrogens is 296 g/mol. The highest BCUT2D eigenvalue weighted by Crippen LogP contribution is 2.37. The van der Waals surface area contributed by atoms with Crippen molar-refractivity contribution in [1.82, 2.24) is 0 Å². The van der Waals surface area contributed by atoms with Gasteiger partial charge in [-0.05, 0) is 30.2 Å². The fourth-order valence-electron chi connectivity index (χ4n) is 2.09. The molecule has 2 aromatic rings. The maximum atomic E-state index is 13.4. The van der Waals surface area contributed by atoms with E-state index in [1.807, 2.05) is 0 Å². The van der Waals surface area contributed by atoms with E-state index in [2.05, 4.69) is 0 Å². The third-order valence-corrected chi connectivity index (χ3v) is 2.97. The lowest BCUT2D eigenvalue weighted by molar-refractivity contribution is -0.128. The van der Waals surface area contributed by atoms with E-state index in [4.69, 9.17) is 4.74 Å². The van der Waals surface area contributed by atoms with Gasteiger partial charge in [0.25, 0.3) is 0 Å². The van der Waals surface area contributed by atoms with Crippen molar-refractivity contribution in [2.24, 2.45) is 0 Å². The summed E-state index contributed by atoms with van der Waals surface area (Å²) in [6, 6.07) is 13.0. The molecule has 0 aromatic heterocycles. The Morgan fingerprint density at radius 3 is 1.95 bits per heavy atom. The number of ether oxygens (including phenoxy) is 1. The van der Waals surface area contributed by atoms with Crippen LogP contribution < -0.4 is 0 Å². The highest BCUT2D eigenvalue weighted by atomic mass is 19.4. The van der Waals surface area contributed by atoms with Gasteiger partial charge in [-0.2, -0.15) is 13.2 Å². The monoisotopic (exact) mass is 310 g/mol. The predicted molar refractivity (Wildman–Crippen MR) is 76.5 cm³/mol. The molecule has 0 aliphatic heterocycles. The summed E-state index contributed by atoms with van der Waals surface area (Å²) in [7, 11) is 0. The van der Waals surface area contributed by atoms with Crippen LogP contribution >= 0.6 is 0 Å². The summed E-state index contributed by atoms with van der Waals surface area (Å²) in [6.07, 6.45) is -4.64. The second-order valence-electron chi connectivity index (χ2n) is 4.51. The second kappa shape index (κ2) is 6.64. The summed E-state index contributed by atoms with van der Waals surface area (Å²) in [5.74, 6) is -1.59. The fraction of sp³-hybridized carbons (Fsp3) is 0.176. The molecule has 0 fully saturated rings. The molecule has 0 heterocycles. The third kappa shape index (κ3) is 3.67. The maximum Gasteiger partial charge on any atom is 0.449 e. The average Bonchev–Trinajstić information content (AvgIpc) is 2.49. The average molecular weight is 310 g/mol. The van der Waals surface area contributed by atoms with Crippen LogP contribution in [0.3, 0.4) is 0 Å². The topological polar surface area (TPSA) is 9.23 Å². The number of hydrogen-bond donors (Lipinski definition) is 0. The van der Waals surface area contributed by atoms with Gasteiger partial charge < -0.3 is 4.74 Å². The van der Waals surface area contributed by atoms with Gasteiger partial charge in [0.1, 0.15) is 5.82 Å².